The Labute approximate surface area is 107 Å². The van der Waals surface area contributed by atoms with Crippen molar-refractivity contribution in [3.05, 3.63) is 60.2 Å². The molecule has 0 aromatic heterocycles. The summed E-state index contributed by atoms with van der Waals surface area (Å²) in [4.78, 5) is 0. The van der Waals surface area contributed by atoms with E-state index >= 15 is 0 Å². The second kappa shape index (κ2) is 9.89. The molecule has 0 amide bonds. The van der Waals surface area contributed by atoms with Crippen molar-refractivity contribution < 1.29 is 0 Å². The van der Waals surface area contributed by atoms with Crippen LogP contribution in [0, 0.1) is 0 Å². The van der Waals surface area contributed by atoms with Crippen molar-refractivity contribution in [3.8, 4) is 0 Å². The van der Waals surface area contributed by atoms with E-state index in [9.17, 15) is 0 Å². The van der Waals surface area contributed by atoms with Gasteiger partial charge in [0, 0.05) is 5.92 Å². The third kappa shape index (κ3) is 5.53. The highest BCUT2D eigenvalue weighted by atomic mass is 14.1. The molecule has 1 aromatic rings. The Kier molecular flexibility index (Phi) is 9.14. The summed E-state index contributed by atoms with van der Waals surface area (Å²) in [6.45, 7) is 12.4. The minimum absolute atomic E-state index is 0.499. The molecule has 1 atom stereocenters. The van der Waals surface area contributed by atoms with E-state index in [1.807, 2.05) is 6.08 Å². The fraction of sp³-hybridized carbons (Fsp3) is 0.412. The van der Waals surface area contributed by atoms with Gasteiger partial charge in [-0.15, -0.1) is 0 Å². The number of hydrogen-bond acceptors (Lipinski definition) is 0. The summed E-state index contributed by atoms with van der Waals surface area (Å²) in [6, 6.07) is 10.6. The van der Waals surface area contributed by atoms with Crippen LogP contribution in [0.5, 0.6) is 0 Å². The zero-order valence-corrected chi connectivity index (χ0v) is 11.7. The van der Waals surface area contributed by atoms with Crippen molar-refractivity contribution in [1.29, 1.82) is 0 Å². The second-order valence-corrected chi connectivity index (χ2v) is 4.07. The summed E-state index contributed by atoms with van der Waals surface area (Å²) >= 11 is 0. The molecule has 0 bridgehead atoms. The average Bonchev–Trinajstić information content (AvgIpc) is 2.37. The Morgan fingerprint density at radius 2 is 1.71 bits per heavy atom. The first-order valence-electron chi connectivity index (χ1n) is 6.58. The van der Waals surface area contributed by atoms with Gasteiger partial charge >= 0.3 is 0 Å². The van der Waals surface area contributed by atoms with E-state index in [1.54, 1.807) is 0 Å². The van der Waals surface area contributed by atoms with Crippen LogP contribution in [-0.4, -0.2) is 0 Å². The monoisotopic (exact) mass is 230 g/mol. The Bertz CT molecular complexity index is 319. The molecule has 0 aliphatic carbocycles. The summed E-state index contributed by atoms with van der Waals surface area (Å²) < 4.78 is 0. The summed E-state index contributed by atoms with van der Waals surface area (Å²) in [6.07, 6.45) is 6.48. The standard InChI is InChI=1S/C14H18.C3H8/c1-4-12(5-2)14(6-3)13-10-8-7-9-11-13;1-3-2/h4-5,7-11,14H,1,6H2,2-3H3;3H2,1-2H3/b12-5+;. The highest BCUT2D eigenvalue weighted by molar-refractivity contribution is 5.33. The number of rotatable bonds is 4. The molecule has 0 spiro atoms. The minimum atomic E-state index is 0.499. The van der Waals surface area contributed by atoms with Gasteiger partial charge in [-0.3, -0.25) is 0 Å². The molecule has 1 aromatic carbocycles. The summed E-state index contributed by atoms with van der Waals surface area (Å²) in [5.41, 5.74) is 2.70. The lowest BCUT2D eigenvalue weighted by molar-refractivity contribution is 0.775. The lowest BCUT2D eigenvalue weighted by atomic mass is 9.89. The van der Waals surface area contributed by atoms with Gasteiger partial charge in [0.15, 0.2) is 0 Å². The number of allylic oxidation sites excluding steroid dienone is 3. The molecule has 94 valence electrons. The minimum Gasteiger partial charge on any atom is -0.0988 e. The third-order valence-electron chi connectivity index (χ3n) is 2.58. The zero-order valence-electron chi connectivity index (χ0n) is 11.7. The van der Waals surface area contributed by atoms with Crippen LogP contribution in [-0.2, 0) is 0 Å². The smallest absolute Gasteiger partial charge is 0.00832 e. The third-order valence-corrected chi connectivity index (χ3v) is 2.58. The predicted molar refractivity (Wildman–Crippen MR) is 79.4 cm³/mol. The molecule has 17 heavy (non-hydrogen) atoms. The molecule has 0 heteroatoms. The van der Waals surface area contributed by atoms with Gasteiger partial charge in [-0.25, -0.2) is 0 Å². The average molecular weight is 230 g/mol. The normalized spacial score (nSPS) is 12.4. The Morgan fingerprint density at radius 3 is 2.06 bits per heavy atom. The molecule has 1 unspecified atom stereocenters. The van der Waals surface area contributed by atoms with Gasteiger partial charge in [-0.2, -0.15) is 0 Å². The summed E-state index contributed by atoms with van der Waals surface area (Å²) in [5, 5.41) is 0. The van der Waals surface area contributed by atoms with Crippen molar-refractivity contribution in [2.75, 3.05) is 0 Å². The zero-order chi connectivity index (χ0) is 13.1. The molecule has 0 saturated heterocycles. The lowest BCUT2D eigenvalue weighted by Gasteiger charge is -2.16. The van der Waals surface area contributed by atoms with Crippen LogP contribution in [0.3, 0.4) is 0 Å². The Morgan fingerprint density at radius 1 is 1.18 bits per heavy atom. The van der Waals surface area contributed by atoms with E-state index in [1.165, 1.54) is 17.6 Å². The van der Waals surface area contributed by atoms with E-state index in [0.29, 0.717) is 5.92 Å². The van der Waals surface area contributed by atoms with Gasteiger partial charge in [0.2, 0.25) is 0 Å². The quantitative estimate of drug-likeness (QED) is 0.579. The molecular weight excluding hydrogens is 204 g/mol. The van der Waals surface area contributed by atoms with Crippen LogP contribution in [0.15, 0.2) is 54.6 Å². The van der Waals surface area contributed by atoms with Gasteiger partial charge in [0.25, 0.3) is 0 Å². The maximum Gasteiger partial charge on any atom is 0.00832 e. The fourth-order valence-electron chi connectivity index (χ4n) is 1.81. The van der Waals surface area contributed by atoms with Crippen LogP contribution in [0.4, 0.5) is 0 Å². The van der Waals surface area contributed by atoms with Gasteiger partial charge in [-0.05, 0) is 24.5 Å². The van der Waals surface area contributed by atoms with Crippen LogP contribution < -0.4 is 0 Å². The van der Waals surface area contributed by atoms with Crippen LogP contribution >= 0.6 is 0 Å². The van der Waals surface area contributed by atoms with E-state index in [0.717, 1.165) is 6.42 Å². The topological polar surface area (TPSA) is 0 Å². The molecular formula is C17H26. The SMILES string of the molecule is C=C/C(=C\C)C(CC)c1ccccc1.CCC. The Balaban J connectivity index is 0.000000770. The Hall–Kier alpha value is -1.30. The van der Waals surface area contributed by atoms with Gasteiger partial charge in [-0.1, -0.05) is 76.3 Å². The second-order valence-electron chi connectivity index (χ2n) is 4.07. The maximum atomic E-state index is 3.86. The number of hydrogen-bond donors (Lipinski definition) is 0. The molecule has 0 N–H and O–H groups in total. The first-order valence-corrected chi connectivity index (χ1v) is 6.58. The first kappa shape index (κ1) is 15.7. The van der Waals surface area contributed by atoms with Crippen molar-refractivity contribution >= 4 is 0 Å². The van der Waals surface area contributed by atoms with E-state index in [-0.39, 0.29) is 0 Å². The van der Waals surface area contributed by atoms with E-state index in [2.05, 4.69) is 70.7 Å². The molecule has 1 rings (SSSR count). The van der Waals surface area contributed by atoms with Crippen LogP contribution in [0.2, 0.25) is 0 Å². The molecule has 0 aliphatic rings. The number of benzene rings is 1. The molecule has 0 heterocycles. The highest BCUT2D eigenvalue weighted by Gasteiger charge is 2.10. The van der Waals surface area contributed by atoms with Gasteiger partial charge < -0.3 is 0 Å². The summed E-state index contributed by atoms with van der Waals surface area (Å²) in [7, 11) is 0. The predicted octanol–water partition coefficient (Wildman–Crippen LogP) is 5.73. The van der Waals surface area contributed by atoms with Crippen LogP contribution in [0.1, 0.15) is 52.0 Å². The van der Waals surface area contributed by atoms with E-state index in [4.69, 9.17) is 0 Å². The van der Waals surface area contributed by atoms with Crippen molar-refractivity contribution in [1.82, 2.24) is 0 Å². The van der Waals surface area contributed by atoms with E-state index < -0.39 is 0 Å². The fourth-order valence-corrected chi connectivity index (χ4v) is 1.81. The van der Waals surface area contributed by atoms with Gasteiger partial charge in [0.1, 0.15) is 0 Å². The largest absolute Gasteiger partial charge is 0.0988 e. The maximum absolute atomic E-state index is 3.86. The van der Waals surface area contributed by atoms with Crippen LogP contribution in [0.25, 0.3) is 0 Å². The van der Waals surface area contributed by atoms with Crippen molar-refractivity contribution in [2.45, 2.75) is 46.5 Å². The van der Waals surface area contributed by atoms with Crippen molar-refractivity contribution in [3.63, 3.8) is 0 Å². The lowest BCUT2D eigenvalue weighted by Crippen LogP contribution is -1.99. The van der Waals surface area contributed by atoms with Crippen molar-refractivity contribution in [2.24, 2.45) is 0 Å². The summed E-state index contributed by atoms with van der Waals surface area (Å²) in [5.74, 6) is 0.499. The molecule has 0 aliphatic heterocycles. The highest BCUT2D eigenvalue weighted by Crippen LogP contribution is 2.27. The molecule has 0 fully saturated rings. The molecule has 0 saturated carbocycles. The molecule has 0 nitrogen and oxygen atoms in total. The van der Waals surface area contributed by atoms with Gasteiger partial charge in [0.05, 0.1) is 0 Å². The first-order chi connectivity index (χ1) is 8.24. The molecule has 0 radical (unpaired) electrons.